The van der Waals surface area contributed by atoms with Crippen molar-refractivity contribution in [2.24, 2.45) is 7.05 Å². The van der Waals surface area contributed by atoms with Crippen LogP contribution in [0.1, 0.15) is 22.8 Å². The normalized spacial score (nSPS) is 9.30. The van der Waals surface area contributed by atoms with Gasteiger partial charge in [-0.1, -0.05) is 0 Å². The Morgan fingerprint density at radius 1 is 0.900 bits per heavy atom. The average molecular weight is 374 g/mol. The van der Waals surface area contributed by atoms with Crippen LogP contribution in [0.2, 0.25) is 0 Å². The van der Waals surface area contributed by atoms with Gasteiger partial charge in [0.15, 0.2) is 26.6 Å². The Morgan fingerprint density at radius 2 is 1.45 bits per heavy atom. The highest BCUT2D eigenvalue weighted by molar-refractivity contribution is 14.1. The van der Waals surface area contributed by atoms with Gasteiger partial charge in [0.2, 0.25) is 5.95 Å². The van der Waals surface area contributed by atoms with Crippen LogP contribution in [0.5, 0.6) is 0 Å². The van der Waals surface area contributed by atoms with Gasteiger partial charge in [0.05, 0.1) is 0 Å². The van der Waals surface area contributed by atoms with Crippen LogP contribution >= 0.6 is 22.6 Å². The van der Waals surface area contributed by atoms with Crippen molar-refractivity contribution in [3.63, 3.8) is 0 Å². The van der Waals surface area contributed by atoms with E-state index in [1.807, 2.05) is 46.9 Å². The number of nitriles is 4. The third-order valence-corrected chi connectivity index (χ3v) is 3.26. The Labute approximate surface area is 126 Å². The van der Waals surface area contributed by atoms with E-state index in [0.717, 1.165) is 0 Å². The highest BCUT2D eigenvalue weighted by atomic mass is 127. The molecular formula is C11H3IN8. The second kappa shape index (κ2) is 5.00. The molecule has 0 aliphatic rings. The van der Waals surface area contributed by atoms with Gasteiger partial charge in [0, 0.05) is 29.6 Å². The molecule has 0 aliphatic carbocycles. The lowest BCUT2D eigenvalue weighted by Crippen LogP contribution is -2.08. The number of hydrogen-bond acceptors (Lipinski definition) is 6. The molecule has 0 bridgehead atoms. The Morgan fingerprint density at radius 3 is 1.90 bits per heavy atom. The summed E-state index contributed by atoms with van der Waals surface area (Å²) in [6, 6.07) is 7.39. The monoisotopic (exact) mass is 374 g/mol. The van der Waals surface area contributed by atoms with E-state index in [1.54, 1.807) is 7.05 Å². The topological polar surface area (TPSA) is 131 Å². The molecule has 0 aliphatic heterocycles. The molecule has 2 aromatic heterocycles. The molecule has 2 aromatic rings. The summed E-state index contributed by atoms with van der Waals surface area (Å²) in [6.45, 7) is 0. The minimum Gasteiger partial charge on any atom is -0.303 e. The van der Waals surface area contributed by atoms with Crippen molar-refractivity contribution in [2.45, 2.75) is 0 Å². The second-order valence-electron chi connectivity index (χ2n) is 3.53. The summed E-state index contributed by atoms with van der Waals surface area (Å²) in [6.07, 6.45) is 0. The summed E-state index contributed by atoms with van der Waals surface area (Å²) in [5, 5.41) is 36.1. The van der Waals surface area contributed by atoms with Gasteiger partial charge < -0.3 is 4.57 Å². The smallest absolute Gasteiger partial charge is 0.219 e. The molecule has 2 rings (SSSR count). The first kappa shape index (κ1) is 13.5. The molecule has 0 N–H and O–H groups in total. The molecule has 0 unspecified atom stereocenters. The van der Waals surface area contributed by atoms with Crippen molar-refractivity contribution in [3.05, 3.63) is 26.6 Å². The number of nitrogens with zero attached hydrogens (tertiary/aromatic N) is 8. The highest BCUT2D eigenvalue weighted by Gasteiger charge is 2.23. The minimum atomic E-state index is -0.0445. The zero-order valence-corrected chi connectivity index (χ0v) is 12.1. The van der Waals surface area contributed by atoms with E-state index in [0.29, 0.717) is 3.83 Å². The van der Waals surface area contributed by atoms with E-state index >= 15 is 0 Å². The summed E-state index contributed by atoms with van der Waals surface area (Å²) < 4.78 is 3.06. The molecule has 94 valence electrons. The molecule has 0 saturated carbocycles. The molecule has 0 radical (unpaired) electrons. The highest BCUT2D eigenvalue weighted by Crippen LogP contribution is 2.20. The van der Waals surface area contributed by atoms with Gasteiger partial charge in [-0.25, -0.2) is 9.55 Å². The first-order valence-electron chi connectivity index (χ1n) is 5.04. The predicted molar refractivity (Wildman–Crippen MR) is 71.9 cm³/mol. The first-order chi connectivity index (χ1) is 9.58. The minimum absolute atomic E-state index is 0.0129. The Kier molecular flexibility index (Phi) is 3.39. The van der Waals surface area contributed by atoms with E-state index in [-0.39, 0.29) is 28.7 Å². The summed E-state index contributed by atoms with van der Waals surface area (Å²) >= 11 is 1.85. The van der Waals surface area contributed by atoms with Crippen LogP contribution in [0.25, 0.3) is 5.95 Å². The largest absolute Gasteiger partial charge is 0.303 e. The van der Waals surface area contributed by atoms with E-state index in [9.17, 15) is 0 Å². The van der Waals surface area contributed by atoms with Crippen LogP contribution in [-0.2, 0) is 7.05 Å². The average Bonchev–Trinajstić information content (AvgIpc) is 2.94. The molecule has 0 amide bonds. The first-order valence-corrected chi connectivity index (χ1v) is 6.12. The van der Waals surface area contributed by atoms with E-state index in [2.05, 4.69) is 9.97 Å². The van der Waals surface area contributed by atoms with Crippen LogP contribution < -0.4 is 0 Å². The maximum absolute atomic E-state index is 9.15. The second-order valence-corrected chi connectivity index (χ2v) is 4.49. The molecule has 2 heterocycles. The molecule has 9 heteroatoms. The van der Waals surface area contributed by atoms with E-state index in [4.69, 9.17) is 21.0 Å². The Balaban J connectivity index is 2.86. The lowest BCUT2D eigenvalue weighted by Gasteiger charge is -2.04. The Bertz CT molecular complexity index is 874. The van der Waals surface area contributed by atoms with Crippen LogP contribution in [-0.4, -0.2) is 19.1 Å². The lowest BCUT2D eigenvalue weighted by atomic mass is 10.3. The standard InChI is InChI=1S/C11H3IN8/c1-19-8(4-15)6(2-13)18-11(19)20-9(5-16)7(3-14)17-10(20)12/h1H3. The zero-order valence-electron chi connectivity index (χ0n) is 9.96. The van der Waals surface area contributed by atoms with E-state index in [1.165, 1.54) is 9.13 Å². The van der Waals surface area contributed by atoms with Gasteiger partial charge in [-0.2, -0.15) is 26.0 Å². The fourth-order valence-electron chi connectivity index (χ4n) is 1.65. The molecule has 0 fully saturated rings. The van der Waals surface area contributed by atoms with Crippen molar-refractivity contribution >= 4 is 22.6 Å². The van der Waals surface area contributed by atoms with Crippen molar-refractivity contribution in [3.8, 4) is 30.2 Å². The van der Waals surface area contributed by atoms with Crippen LogP contribution in [0, 0.1) is 49.2 Å². The summed E-state index contributed by atoms with van der Waals surface area (Å²) in [7, 11) is 1.55. The van der Waals surface area contributed by atoms with E-state index < -0.39 is 0 Å². The number of hydrogen-bond donors (Lipinski definition) is 0. The van der Waals surface area contributed by atoms with Crippen molar-refractivity contribution < 1.29 is 0 Å². The summed E-state index contributed by atoms with van der Waals surface area (Å²) in [4.78, 5) is 7.98. The van der Waals surface area contributed by atoms with Crippen LogP contribution in [0.4, 0.5) is 0 Å². The summed E-state index contributed by atoms with van der Waals surface area (Å²) in [5.41, 5.74) is 0.0159. The van der Waals surface area contributed by atoms with Gasteiger partial charge in [-0.3, -0.25) is 0 Å². The molecule has 0 saturated heterocycles. The van der Waals surface area contributed by atoms with Crippen molar-refractivity contribution in [1.82, 2.24) is 19.1 Å². The van der Waals surface area contributed by atoms with Gasteiger partial charge in [0.1, 0.15) is 24.3 Å². The zero-order chi connectivity index (χ0) is 14.9. The molecular weight excluding hydrogens is 371 g/mol. The van der Waals surface area contributed by atoms with Crippen molar-refractivity contribution in [1.29, 1.82) is 21.0 Å². The van der Waals surface area contributed by atoms with Gasteiger partial charge in [0.25, 0.3) is 0 Å². The third-order valence-electron chi connectivity index (χ3n) is 2.53. The van der Waals surface area contributed by atoms with Gasteiger partial charge >= 0.3 is 0 Å². The molecule has 0 aromatic carbocycles. The fourth-order valence-corrected chi connectivity index (χ4v) is 2.35. The molecule has 8 nitrogen and oxygen atoms in total. The van der Waals surface area contributed by atoms with Crippen LogP contribution in [0.15, 0.2) is 0 Å². The van der Waals surface area contributed by atoms with Gasteiger partial charge in [-0.15, -0.1) is 0 Å². The molecule has 0 spiro atoms. The third kappa shape index (κ3) is 1.78. The lowest BCUT2D eigenvalue weighted by molar-refractivity contribution is 0.792. The SMILES string of the molecule is Cn1c(-n2c(I)nc(C#N)c2C#N)nc(C#N)c1C#N. The van der Waals surface area contributed by atoms with Crippen molar-refractivity contribution in [2.75, 3.05) is 0 Å². The predicted octanol–water partition coefficient (Wildman–Crippen LogP) is 0.697. The Hall–Kier alpha value is -2.89. The number of aromatic nitrogens is 4. The number of imidazole rings is 2. The molecule has 20 heavy (non-hydrogen) atoms. The quantitative estimate of drug-likeness (QED) is 0.675. The number of halogens is 1. The maximum atomic E-state index is 9.15. The number of rotatable bonds is 1. The maximum Gasteiger partial charge on any atom is 0.219 e. The summed E-state index contributed by atoms with van der Waals surface area (Å²) in [5.74, 6) is 0.188. The van der Waals surface area contributed by atoms with Crippen LogP contribution in [0.3, 0.4) is 0 Å². The van der Waals surface area contributed by atoms with Gasteiger partial charge in [-0.05, 0) is 0 Å². The molecule has 0 atom stereocenters. The fraction of sp³-hybridized carbons (Fsp3) is 0.0909.